The highest BCUT2D eigenvalue weighted by molar-refractivity contribution is 5.93. The number of carboxylic acid groups (broad SMARTS) is 1. The van der Waals surface area contributed by atoms with E-state index in [0.29, 0.717) is 5.56 Å². The number of carbonyl (C=O) groups excluding carboxylic acids is 5. The number of carboxylic acids is 1. The van der Waals surface area contributed by atoms with Crippen molar-refractivity contribution in [2.24, 2.45) is 17.2 Å². The average molecular weight is 464 g/mol. The van der Waals surface area contributed by atoms with Gasteiger partial charge in [0.05, 0.1) is 19.0 Å². The molecular formula is C20H28N6O7. The molecule has 3 unspecified atom stereocenters. The first-order valence-electron chi connectivity index (χ1n) is 9.96. The summed E-state index contributed by atoms with van der Waals surface area (Å²) in [6.07, 6.45) is -0.728. The lowest BCUT2D eigenvalue weighted by Gasteiger charge is -2.21. The third-order valence-electron chi connectivity index (χ3n) is 4.42. The highest BCUT2D eigenvalue weighted by Gasteiger charge is 2.28. The summed E-state index contributed by atoms with van der Waals surface area (Å²) in [4.78, 5) is 70.1. The summed E-state index contributed by atoms with van der Waals surface area (Å²) in [6.45, 7) is -0.523. The van der Waals surface area contributed by atoms with E-state index in [1.165, 1.54) is 0 Å². The van der Waals surface area contributed by atoms with Crippen LogP contribution < -0.4 is 33.2 Å². The van der Waals surface area contributed by atoms with Gasteiger partial charge in [-0.1, -0.05) is 30.3 Å². The van der Waals surface area contributed by atoms with Crippen LogP contribution in [0.15, 0.2) is 30.3 Å². The van der Waals surface area contributed by atoms with E-state index in [9.17, 15) is 33.9 Å². The molecule has 33 heavy (non-hydrogen) atoms. The molecule has 0 aliphatic carbocycles. The first-order chi connectivity index (χ1) is 15.5. The molecule has 0 aliphatic heterocycles. The van der Waals surface area contributed by atoms with Gasteiger partial charge in [-0.15, -0.1) is 0 Å². The zero-order valence-corrected chi connectivity index (χ0v) is 17.8. The van der Waals surface area contributed by atoms with Crippen LogP contribution in [0.1, 0.15) is 24.8 Å². The zero-order chi connectivity index (χ0) is 25.0. The summed E-state index contributed by atoms with van der Waals surface area (Å²) < 4.78 is 0. The summed E-state index contributed by atoms with van der Waals surface area (Å²) >= 11 is 0. The van der Waals surface area contributed by atoms with Gasteiger partial charge in [-0.05, 0) is 12.0 Å². The molecule has 13 nitrogen and oxygen atoms in total. The van der Waals surface area contributed by atoms with Crippen molar-refractivity contribution >= 4 is 35.5 Å². The lowest BCUT2D eigenvalue weighted by molar-refractivity contribution is -0.143. The maximum atomic E-state index is 12.7. The number of amides is 5. The Morgan fingerprint density at radius 1 is 0.879 bits per heavy atom. The molecule has 0 saturated heterocycles. The smallest absolute Gasteiger partial charge is 0.326 e. The fraction of sp³-hybridized carbons (Fsp3) is 0.400. The number of rotatable bonds is 14. The fourth-order valence-electron chi connectivity index (χ4n) is 2.71. The molecule has 0 heterocycles. The number of nitrogens with one attached hydrogen (secondary N) is 3. The van der Waals surface area contributed by atoms with Crippen molar-refractivity contribution in [2.45, 2.75) is 43.8 Å². The molecule has 1 aromatic rings. The maximum Gasteiger partial charge on any atom is 0.326 e. The summed E-state index contributed by atoms with van der Waals surface area (Å²) in [6, 6.07) is 4.73. The minimum absolute atomic E-state index is 0.00172. The van der Waals surface area contributed by atoms with Gasteiger partial charge in [0.25, 0.3) is 0 Å². The van der Waals surface area contributed by atoms with Crippen molar-refractivity contribution in [3.63, 3.8) is 0 Å². The molecule has 1 rings (SSSR count). The molecule has 13 heteroatoms. The lowest BCUT2D eigenvalue weighted by Crippen LogP contribution is -2.55. The van der Waals surface area contributed by atoms with E-state index in [4.69, 9.17) is 17.2 Å². The lowest BCUT2D eigenvalue weighted by atomic mass is 10.0. The number of hydrogen-bond acceptors (Lipinski definition) is 7. The van der Waals surface area contributed by atoms with E-state index in [-0.39, 0.29) is 19.3 Å². The molecule has 0 spiro atoms. The molecule has 0 radical (unpaired) electrons. The quantitative estimate of drug-likeness (QED) is 0.148. The van der Waals surface area contributed by atoms with Gasteiger partial charge in [0.15, 0.2) is 0 Å². The average Bonchev–Trinajstić information content (AvgIpc) is 2.75. The van der Waals surface area contributed by atoms with Crippen LogP contribution in [-0.4, -0.2) is 65.3 Å². The molecule has 5 amide bonds. The van der Waals surface area contributed by atoms with Crippen LogP contribution in [0.25, 0.3) is 0 Å². The van der Waals surface area contributed by atoms with E-state index in [0.717, 1.165) is 0 Å². The molecule has 180 valence electrons. The maximum absolute atomic E-state index is 12.7. The van der Waals surface area contributed by atoms with Crippen molar-refractivity contribution < 1.29 is 33.9 Å². The van der Waals surface area contributed by atoms with E-state index in [1.807, 2.05) is 0 Å². The molecule has 0 fully saturated rings. The molecule has 10 N–H and O–H groups in total. The van der Waals surface area contributed by atoms with Crippen molar-refractivity contribution in [3.8, 4) is 0 Å². The third kappa shape index (κ3) is 10.7. The largest absolute Gasteiger partial charge is 0.480 e. The highest BCUT2D eigenvalue weighted by atomic mass is 16.4. The van der Waals surface area contributed by atoms with Crippen LogP contribution in [0, 0.1) is 0 Å². The van der Waals surface area contributed by atoms with Gasteiger partial charge in [-0.3, -0.25) is 24.0 Å². The Kier molecular flexibility index (Phi) is 11.0. The van der Waals surface area contributed by atoms with Crippen molar-refractivity contribution in [3.05, 3.63) is 35.9 Å². The monoisotopic (exact) mass is 464 g/mol. The summed E-state index contributed by atoms with van der Waals surface area (Å²) in [5.74, 6) is -5.32. The normalized spacial score (nSPS) is 13.1. The molecule has 0 bridgehead atoms. The Morgan fingerprint density at radius 3 is 2.06 bits per heavy atom. The van der Waals surface area contributed by atoms with Crippen LogP contribution >= 0.6 is 0 Å². The molecule has 1 aromatic carbocycles. The first-order valence-corrected chi connectivity index (χ1v) is 9.96. The van der Waals surface area contributed by atoms with Crippen molar-refractivity contribution in [2.75, 3.05) is 6.54 Å². The van der Waals surface area contributed by atoms with E-state index in [1.54, 1.807) is 30.3 Å². The van der Waals surface area contributed by atoms with Gasteiger partial charge in [0.2, 0.25) is 29.5 Å². The van der Waals surface area contributed by atoms with E-state index in [2.05, 4.69) is 16.0 Å². The second kappa shape index (κ2) is 13.4. The number of carbonyl (C=O) groups is 6. The SMILES string of the molecule is NC(=O)CCC(N)C(=O)NCC(=O)NC(Cc1ccccc1)C(=O)NC(CC(N)=O)C(=O)O. The van der Waals surface area contributed by atoms with E-state index < -0.39 is 66.6 Å². The molecule has 0 aliphatic rings. The predicted molar refractivity (Wildman–Crippen MR) is 115 cm³/mol. The number of nitrogens with two attached hydrogens (primary N) is 3. The van der Waals surface area contributed by atoms with Crippen LogP contribution in [0.2, 0.25) is 0 Å². The summed E-state index contributed by atoms with van der Waals surface area (Å²) in [5, 5.41) is 16.1. The van der Waals surface area contributed by atoms with E-state index >= 15 is 0 Å². The summed E-state index contributed by atoms with van der Waals surface area (Å²) in [7, 11) is 0. The van der Waals surface area contributed by atoms with Gasteiger partial charge in [0, 0.05) is 12.8 Å². The molecule has 3 atom stereocenters. The minimum Gasteiger partial charge on any atom is -0.480 e. The Morgan fingerprint density at radius 2 is 1.52 bits per heavy atom. The van der Waals surface area contributed by atoms with Gasteiger partial charge in [-0.25, -0.2) is 4.79 Å². The van der Waals surface area contributed by atoms with Crippen LogP contribution in [0.3, 0.4) is 0 Å². The number of benzene rings is 1. The number of hydrogen-bond donors (Lipinski definition) is 7. The van der Waals surface area contributed by atoms with Gasteiger partial charge in [0.1, 0.15) is 12.1 Å². The second-order valence-electron chi connectivity index (χ2n) is 7.21. The Labute approximate surface area is 189 Å². The van der Waals surface area contributed by atoms with Crippen LogP contribution in [0.5, 0.6) is 0 Å². The fourth-order valence-corrected chi connectivity index (χ4v) is 2.71. The number of primary amides is 2. The Balaban J connectivity index is 2.81. The predicted octanol–water partition coefficient (Wildman–Crippen LogP) is -3.13. The first kappa shape index (κ1) is 27.0. The summed E-state index contributed by atoms with van der Waals surface area (Å²) in [5.41, 5.74) is 16.3. The Bertz CT molecular complexity index is 877. The zero-order valence-electron chi connectivity index (χ0n) is 17.8. The van der Waals surface area contributed by atoms with Crippen LogP contribution in [0.4, 0.5) is 0 Å². The standard InChI is InChI=1S/C20H28N6O7/c21-12(6-7-15(22)27)18(30)24-10-17(29)25-13(8-11-4-2-1-3-5-11)19(31)26-14(20(32)33)9-16(23)28/h1-5,12-14H,6-10,21H2,(H2,22,27)(H2,23,28)(H,24,30)(H,25,29)(H,26,31)(H,32,33). The highest BCUT2D eigenvalue weighted by Crippen LogP contribution is 2.05. The second-order valence-corrected chi connectivity index (χ2v) is 7.21. The van der Waals surface area contributed by atoms with Gasteiger partial charge < -0.3 is 38.3 Å². The topological polar surface area (TPSA) is 237 Å². The van der Waals surface area contributed by atoms with Gasteiger partial charge in [-0.2, -0.15) is 0 Å². The number of aliphatic carboxylic acids is 1. The van der Waals surface area contributed by atoms with Crippen molar-refractivity contribution in [1.29, 1.82) is 0 Å². The minimum atomic E-state index is -1.58. The molecule has 0 aromatic heterocycles. The van der Waals surface area contributed by atoms with Crippen molar-refractivity contribution in [1.82, 2.24) is 16.0 Å². The Hall–Kier alpha value is -4.00. The molecular weight excluding hydrogens is 436 g/mol. The van der Waals surface area contributed by atoms with Crippen LogP contribution in [-0.2, 0) is 35.2 Å². The third-order valence-corrected chi connectivity index (χ3v) is 4.42. The molecule has 0 saturated carbocycles. The van der Waals surface area contributed by atoms with Gasteiger partial charge >= 0.3 is 5.97 Å².